The Morgan fingerprint density at radius 3 is 1.36 bits per heavy atom. The molecule has 0 aromatic carbocycles. The van der Waals surface area contributed by atoms with Crippen LogP contribution in [0, 0.1) is 0 Å². The number of hydrogen-bond donors (Lipinski definition) is 0. The average molecular weight is 574 g/mol. The van der Waals surface area contributed by atoms with Crippen molar-refractivity contribution in [3.63, 3.8) is 0 Å². The predicted molar refractivity (Wildman–Crippen MR) is 176 cm³/mol. The first kappa shape index (κ1) is 39.2. The second-order valence-corrected chi connectivity index (χ2v) is 12.4. The van der Waals surface area contributed by atoms with Crippen LogP contribution in [-0.4, -0.2) is 56.3 Å². The highest BCUT2D eigenvalue weighted by Crippen LogP contribution is 2.13. The normalized spacial score (nSPS) is 12.5. The van der Waals surface area contributed by atoms with Crippen molar-refractivity contribution >= 4 is 11.6 Å². The minimum atomic E-state index is 0.168. The molecule has 0 aromatic rings. The van der Waals surface area contributed by atoms with Crippen molar-refractivity contribution in [3.8, 4) is 0 Å². The topological polar surface area (TPSA) is 21.7 Å². The Morgan fingerprint density at radius 1 is 0.487 bits per heavy atom. The fraction of sp³-hybridized carbons (Fsp3) is 1.00. The van der Waals surface area contributed by atoms with E-state index in [0.717, 1.165) is 39.5 Å². The molecule has 0 saturated heterocycles. The van der Waals surface area contributed by atoms with Gasteiger partial charge in [0.1, 0.15) is 0 Å². The van der Waals surface area contributed by atoms with Crippen LogP contribution < -0.4 is 0 Å². The van der Waals surface area contributed by atoms with Crippen molar-refractivity contribution in [2.45, 2.75) is 181 Å². The monoisotopic (exact) mass is 574 g/mol. The van der Waals surface area contributed by atoms with E-state index in [1.165, 1.54) is 154 Å². The van der Waals surface area contributed by atoms with Gasteiger partial charge < -0.3 is 9.47 Å². The maximum atomic E-state index is 6.41. The van der Waals surface area contributed by atoms with Crippen LogP contribution in [0.3, 0.4) is 0 Å². The quantitative estimate of drug-likeness (QED) is 0.0564. The molecule has 1 unspecified atom stereocenters. The van der Waals surface area contributed by atoms with Gasteiger partial charge in [-0.1, -0.05) is 156 Å². The molecule has 0 aliphatic carbocycles. The molecule has 0 fully saturated rings. The van der Waals surface area contributed by atoms with Crippen molar-refractivity contribution in [2.24, 2.45) is 0 Å². The van der Waals surface area contributed by atoms with Crippen LogP contribution in [0.2, 0.25) is 0 Å². The third kappa shape index (κ3) is 30.9. The lowest BCUT2D eigenvalue weighted by atomic mass is 10.1. The summed E-state index contributed by atoms with van der Waals surface area (Å²) in [7, 11) is 0. The van der Waals surface area contributed by atoms with E-state index >= 15 is 0 Å². The van der Waals surface area contributed by atoms with E-state index in [1.54, 1.807) is 0 Å². The zero-order valence-electron chi connectivity index (χ0n) is 27.1. The van der Waals surface area contributed by atoms with E-state index < -0.39 is 0 Å². The Labute approximate surface area is 251 Å². The van der Waals surface area contributed by atoms with Crippen molar-refractivity contribution in [3.05, 3.63) is 0 Å². The summed E-state index contributed by atoms with van der Waals surface area (Å²) in [5.41, 5.74) is 0. The second kappa shape index (κ2) is 34.4. The molecule has 0 aliphatic heterocycles. The summed E-state index contributed by atoms with van der Waals surface area (Å²) in [5, 5.41) is 0. The van der Waals surface area contributed by atoms with Gasteiger partial charge in [0.05, 0.1) is 12.7 Å². The number of hydrogen-bond acceptors (Lipinski definition) is 3. The summed E-state index contributed by atoms with van der Waals surface area (Å²) in [6.45, 7) is 12.4. The van der Waals surface area contributed by atoms with Crippen LogP contribution in [0.1, 0.15) is 175 Å². The first-order chi connectivity index (χ1) is 19.3. The molecule has 236 valence electrons. The highest BCUT2D eigenvalue weighted by Gasteiger charge is 2.15. The van der Waals surface area contributed by atoms with Crippen molar-refractivity contribution in [2.75, 3.05) is 45.3 Å². The molecule has 0 radical (unpaired) electrons. The lowest BCUT2D eigenvalue weighted by molar-refractivity contribution is -0.0338. The molecule has 0 bridgehead atoms. The summed E-state index contributed by atoms with van der Waals surface area (Å²) in [5.74, 6) is 0.693. The third-order valence-electron chi connectivity index (χ3n) is 7.99. The lowest BCUT2D eigenvalue weighted by Gasteiger charge is -2.27. The van der Waals surface area contributed by atoms with Gasteiger partial charge in [-0.15, -0.1) is 11.6 Å². The van der Waals surface area contributed by atoms with Gasteiger partial charge in [-0.2, -0.15) is 0 Å². The Bertz CT molecular complexity index is 437. The van der Waals surface area contributed by atoms with Crippen molar-refractivity contribution < 1.29 is 9.47 Å². The minimum Gasteiger partial charge on any atom is -0.379 e. The highest BCUT2D eigenvalue weighted by molar-refractivity contribution is 6.18. The molecule has 0 spiro atoms. The van der Waals surface area contributed by atoms with Crippen LogP contribution >= 0.6 is 11.6 Å². The smallest absolute Gasteiger partial charge is 0.0934 e. The van der Waals surface area contributed by atoms with Crippen LogP contribution in [-0.2, 0) is 9.47 Å². The number of ether oxygens (including phenoxy) is 2. The van der Waals surface area contributed by atoms with Gasteiger partial charge in [-0.25, -0.2) is 0 Å². The Morgan fingerprint density at radius 2 is 0.897 bits per heavy atom. The van der Waals surface area contributed by atoms with E-state index in [1.807, 2.05) is 0 Å². The molecule has 0 amide bonds. The van der Waals surface area contributed by atoms with Crippen molar-refractivity contribution in [1.82, 2.24) is 4.90 Å². The van der Waals surface area contributed by atoms with Gasteiger partial charge in [0.15, 0.2) is 0 Å². The number of halogens is 1. The summed E-state index contributed by atoms with van der Waals surface area (Å²) in [4.78, 5) is 2.51. The fourth-order valence-electron chi connectivity index (χ4n) is 5.36. The molecule has 0 N–H and O–H groups in total. The van der Waals surface area contributed by atoms with E-state index in [4.69, 9.17) is 21.1 Å². The Balaban J connectivity index is 4.15. The molecular weight excluding hydrogens is 502 g/mol. The summed E-state index contributed by atoms with van der Waals surface area (Å²) in [6, 6.07) is 0. The van der Waals surface area contributed by atoms with Gasteiger partial charge in [0, 0.05) is 32.2 Å². The van der Waals surface area contributed by atoms with Gasteiger partial charge in [-0.05, 0) is 25.8 Å². The summed E-state index contributed by atoms with van der Waals surface area (Å²) < 4.78 is 12.6. The SMILES string of the molecule is CCCCCCCCCCCCOCC(CN(CCCl)CCCCCC)OCCCCCCCCCCCC. The number of nitrogens with zero attached hydrogens (tertiary/aromatic N) is 1. The molecule has 39 heavy (non-hydrogen) atoms. The minimum absolute atomic E-state index is 0.168. The van der Waals surface area contributed by atoms with Crippen LogP contribution in [0.15, 0.2) is 0 Å². The van der Waals surface area contributed by atoms with Crippen LogP contribution in [0.4, 0.5) is 0 Å². The van der Waals surface area contributed by atoms with Gasteiger partial charge >= 0.3 is 0 Å². The Kier molecular flexibility index (Phi) is 34.5. The third-order valence-corrected chi connectivity index (χ3v) is 8.16. The van der Waals surface area contributed by atoms with Crippen LogP contribution in [0.5, 0.6) is 0 Å². The molecule has 4 heteroatoms. The molecule has 0 aliphatic rings. The van der Waals surface area contributed by atoms with Gasteiger partial charge in [0.2, 0.25) is 0 Å². The maximum absolute atomic E-state index is 6.41. The van der Waals surface area contributed by atoms with Crippen LogP contribution in [0.25, 0.3) is 0 Å². The lowest BCUT2D eigenvalue weighted by Crippen LogP contribution is -2.38. The summed E-state index contributed by atoms with van der Waals surface area (Å²) >= 11 is 6.16. The number of alkyl halides is 1. The van der Waals surface area contributed by atoms with E-state index in [9.17, 15) is 0 Å². The largest absolute Gasteiger partial charge is 0.379 e. The van der Waals surface area contributed by atoms with Crippen molar-refractivity contribution in [1.29, 1.82) is 0 Å². The second-order valence-electron chi connectivity index (χ2n) is 12.0. The molecule has 1 atom stereocenters. The Hall–Kier alpha value is 0.170. The molecule has 0 rings (SSSR count). The average Bonchev–Trinajstić information content (AvgIpc) is 2.94. The zero-order chi connectivity index (χ0) is 28.5. The molecule has 0 aromatic heterocycles. The molecular formula is C35H72ClNO2. The first-order valence-corrected chi connectivity index (χ1v) is 18.3. The van der Waals surface area contributed by atoms with E-state index in [-0.39, 0.29) is 6.10 Å². The highest BCUT2D eigenvalue weighted by atomic mass is 35.5. The number of rotatable bonds is 34. The molecule has 3 nitrogen and oxygen atoms in total. The molecule has 0 heterocycles. The summed E-state index contributed by atoms with van der Waals surface area (Å²) in [6.07, 6.45) is 32.7. The first-order valence-electron chi connectivity index (χ1n) is 17.8. The van der Waals surface area contributed by atoms with E-state index in [2.05, 4.69) is 25.7 Å². The van der Waals surface area contributed by atoms with Gasteiger partial charge in [0.25, 0.3) is 0 Å². The zero-order valence-corrected chi connectivity index (χ0v) is 27.9. The van der Waals surface area contributed by atoms with E-state index in [0.29, 0.717) is 5.88 Å². The molecule has 0 saturated carbocycles. The predicted octanol–water partition coefficient (Wildman–Crippen LogP) is 11.4. The van der Waals surface area contributed by atoms with Gasteiger partial charge in [-0.3, -0.25) is 4.90 Å². The maximum Gasteiger partial charge on any atom is 0.0934 e. The fourth-order valence-corrected chi connectivity index (χ4v) is 5.60. The standard InChI is InChI=1S/C35H72ClNO2/c1-4-7-10-13-15-17-19-21-23-26-31-38-34-35(33-37(30-28-36)29-25-12-9-6-3)39-32-27-24-22-20-18-16-14-11-8-5-2/h35H,4-34H2,1-3H3. The number of unbranched alkanes of at least 4 members (excludes halogenated alkanes) is 21.